The number of halogens is 1. The van der Waals surface area contributed by atoms with E-state index < -0.39 is 12.1 Å². The van der Waals surface area contributed by atoms with Gasteiger partial charge in [-0.15, -0.1) is 0 Å². The normalized spacial score (nSPS) is 16.0. The lowest BCUT2D eigenvalue weighted by Crippen LogP contribution is -2.44. The lowest BCUT2D eigenvalue weighted by Gasteiger charge is -2.31. The molecule has 0 bridgehead atoms. The van der Waals surface area contributed by atoms with E-state index in [9.17, 15) is 9.59 Å². The van der Waals surface area contributed by atoms with E-state index in [4.69, 9.17) is 25.8 Å². The second kappa shape index (κ2) is 10.0. The van der Waals surface area contributed by atoms with Crippen molar-refractivity contribution in [1.29, 1.82) is 0 Å². The summed E-state index contributed by atoms with van der Waals surface area (Å²) in [4.78, 5) is 26.8. The maximum atomic E-state index is 12.5. The number of rotatable bonds is 7. The highest BCUT2D eigenvalue weighted by atomic mass is 35.5. The van der Waals surface area contributed by atoms with Gasteiger partial charge in [-0.1, -0.05) is 32.4 Å². The van der Waals surface area contributed by atoms with Crippen LogP contribution in [-0.2, 0) is 9.53 Å². The molecule has 1 aromatic carbocycles. The molecular formula is C21H30ClNO5. The molecular weight excluding hydrogens is 382 g/mol. The van der Waals surface area contributed by atoms with Crippen LogP contribution in [0.3, 0.4) is 0 Å². The van der Waals surface area contributed by atoms with Gasteiger partial charge in [0.05, 0.1) is 24.3 Å². The van der Waals surface area contributed by atoms with E-state index in [-0.39, 0.29) is 16.5 Å². The Hall–Kier alpha value is -1.95. The van der Waals surface area contributed by atoms with Crippen molar-refractivity contribution in [3.05, 3.63) is 22.7 Å². The first-order valence-electron chi connectivity index (χ1n) is 9.73. The Morgan fingerprint density at radius 1 is 1.21 bits per heavy atom. The van der Waals surface area contributed by atoms with Crippen LogP contribution in [-0.4, -0.2) is 49.7 Å². The fourth-order valence-electron chi connectivity index (χ4n) is 2.99. The molecule has 1 aromatic rings. The Morgan fingerprint density at radius 2 is 1.86 bits per heavy atom. The van der Waals surface area contributed by atoms with Crippen LogP contribution < -0.4 is 9.47 Å². The minimum absolute atomic E-state index is 0.171. The van der Waals surface area contributed by atoms with Gasteiger partial charge in [0, 0.05) is 13.1 Å². The number of hydrogen-bond acceptors (Lipinski definition) is 5. The van der Waals surface area contributed by atoms with Gasteiger partial charge in [0.2, 0.25) is 0 Å². The molecule has 28 heavy (non-hydrogen) atoms. The lowest BCUT2D eigenvalue weighted by molar-refractivity contribution is -0.141. The Kier molecular flexibility index (Phi) is 7.98. The molecule has 1 unspecified atom stereocenters. The predicted molar refractivity (Wildman–Crippen MR) is 108 cm³/mol. The largest absolute Gasteiger partial charge is 0.493 e. The van der Waals surface area contributed by atoms with Gasteiger partial charge in [-0.25, -0.2) is 4.79 Å². The molecule has 0 N–H and O–H groups in total. The fraction of sp³-hybridized carbons (Fsp3) is 0.619. The van der Waals surface area contributed by atoms with Crippen LogP contribution in [0.2, 0.25) is 5.02 Å². The standard InChI is InChI=1S/C21H30ClNO5/c1-13(2)12-27-19-17(22)10-16(11-18(19)26-5)21(25)28-15(4)20(24)23-8-6-14(3)7-9-23/h10-11,13-15H,6-9,12H2,1-5H3. The van der Waals surface area contributed by atoms with Crippen LogP contribution in [0.25, 0.3) is 0 Å². The molecule has 1 atom stereocenters. The average Bonchev–Trinajstić information content (AvgIpc) is 2.66. The number of piperidine rings is 1. The van der Waals surface area contributed by atoms with Gasteiger partial charge in [0.15, 0.2) is 17.6 Å². The first kappa shape index (κ1) is 22.3. The van der Waals surface area contributed by atoms with Crippen molar-refractivity contribution in [2.45, 2.75) is 46.6 Å². The van der Waals surface area contributed by atoms with Gasteiger partial charge >= 0.3 is 5.97 Å². The van der Waals surface area contributed by atoms with Gasteiger partial charge in [-0.3, -0.25) is 4.79 Å². The van der Waals surface area contributed by atoms with Gasteiger partial charge in [0.1, 0.15) is 0 Å². The molecule has 156 valence electrons. The topological polar surface area (TPSA) is 65.1 Å². The quantitative estimate of drug-likeness (QED) is 0.629. The highest BCUT2D eigenvalue weighted by molar-refractivity contribution is 6.32. The van der Waals surface area contributed by atoms with Crippen molar-refractivity contribution >= 4 is 23.5 Å². The number of hydrogen-bond donors (Lipinski definition) is 0. The monoisotopic (exact) mass is 411 g/mol. The van der Waals surface area contributed by atoms with E-state index in [2.05, 4.69) is 6.92 Å². The Bertz CT molecular complexity index is 698. The molecule has 0 aromatic heterocycles. The van der Waals surface area contributed by atoms with E-state index in [0.717, 1.165) is 12.8 Å². The number of nitrogens with zero attached hydrogens (tertiary/aromatic N) is 1. The summed E-state index contributed by atoms with van der Waals surface area (Å²) in [6, 6.07) is 2.99. The lowest BCUT2D eigenvalue weighted by atomic mass is 9.99. The molecule has 7 heteroatoms. The third-order valence-electron chi connectivity index (χ3n) is 4.75. The number of carbonyl (C=O) groups excluding carboxylic acids is 2. The number of carbonyl (C=O) groups is 2. The smallest absolute Gasteiger partial charge is 0.339 e. The number of amides is 1. The fourth-order valence-corrected chi connectivity index (χ4v) is 3.26. The summed E-state index contributed by atoms with van der Waals surface area (Å²) in [7, 11) is 1.48. The summed E-state index contributed by atoms with van der Waals surface area (Å²) in [6.45, 7) is 9.68. The van der Waals surface area contributed by atoms with Crippen LogP contribution in [0, 0.1) is 11.8 Å². The Morgan fingerprint density at radius 3 is 2.43 bits per heavy atom. The zero-order valence-electron chi connectivity index (χ0n) is 17.3. The molecule has 0 spiro atoms. The van der Waals surface area contributed by atoms with Crippen LogP contribution in [0.15, 0.2) is 12.1 Å². The van der Waals surface area contributed by atoms with Crippen molar-refractivity contribution in [3.8, 4) is 11.5 Å². The van der Waals surface area contributed by atoms with E-state index >= 15 is 0 Å². The van der Waals surface area contributed by atoms with Crippen molar-refractivity contribution in [3.63, 3.8) is 0 Å². The van der Waals surface area contributed by atoms with Crippen LogP contribution in [0.4, 0.5) is 0 Å². The summed E-state index contributed by atoms with van der Waals surface area (Å²) in [5, 5.41) is 0.260. The minimum atomic E-state index is -0.859. The first-order valence-corrected chi connectivity index (χ1v) is 10.1. The number of methoxy groups -OCH3 is 1. The first-order chi connectivity index (χ1) is 13.2. The van der Waals surface area contributed by atoms with Gasteiger partial charge in [0.25, 0.3) is 5.91 Å². The maximum absolute atomic E-state index is 12.5. The zero-order chi connectivity index (χ0) is 20.8. The number of ether oxygens (including phenoxy) is 3. The predicted octanol–water partition coefficient (Wildman–Crippen LogP) is 4.19. The van der Waals surface area contributed by atoms with Crippen LogP contribution in [0.1, 0.15) is 50.9 Å². The molecule has 1 aliphatic heterocycles. The summed E-state index contributed by atoms with van der Waals surface area (Å²) in [5.41, 5.74) is 0.214. The molecule has 0 saturated carbocycles. The third kappa shape index (κ3) is 5.77. The summed E-state index contributed by atoms with van der Waals surface area (Å²) >= 11 is 6.29. The Balaban J connectivity index is 2.06. The second-order valence-electron chi connectivity index (χ2n) is 7.75. The molecule has 0 aliphatic carbocycles. The van der Waals surface area contributed by atoms with E-state index in [1.165, 1.54) is 19.2 Å². The van der Waals surface area contributed by atoms with Crippen LogP contribution in [0.5, 0.6) is 11.5 Å². The van der Waals surface area contributed by atoms with Gasteiger partial charge < -0.3 is 19.1 Å². The van der Waals surface area contributed by atoms with E-state index in [1.54, 1.807) is 11.8 Å². The van der Waals surface area contributed by atoms with Crippen molar-refractivity contribution in [2.75, 3.05) is 26.8 Å². The number of benzene rings is 1. The van der Waals surface area contributed by atoms with Gasteiger partial charge in [-0.2, -0.15) is 0 Å². The number of esters is 1. The highest BCUT2D eigenvalue weighted by Gasteiger charge is 2.27. The van der Waals surface area contributed by atoms with E-state index in [1.807, 2.05) is 13.8 Å². The highest BCUT2D eigenvalue weighted by Crippen LogP contribution is 2.37. The third-order valence-corrected chi connectivity index (χ3v) is 5.03. The SMILES string of the molecule is COc1cc(C(=O)OC(C)C(=O)N2CCC(C)CC2)cc(Cl)c1OCC(C)C. The minimum Gasteiger partial charge on any atom is -0.493 e. The molecule has 6 nitrogen and oxygen atoms in total. The average molecular weight is 412 g/mol. The zero-order valence-corrected chi connectivity index (χ0v) is 18.0. The van der Waals surface area contributed by atoms with Crippen molar-refractivity contribution < 1.29 is 23.8 Å². The molecule has 1 amide bonds. The second-order valence-corrected chi connectivity index (χ2v) is 8.16. The maximum Gasteiger partial charge on any atom is 0.339 e. The van der Waals surface area contributed by atoms with E-state index in [0.29, 0.717) is 43.0 Å². The van der Waals surface area contributed by atoms with Gasteiger partial charge in [-0.05, 0) is 43.7 Å². The summed E-state index contributed by atoms with van der Waals surface area (Å²) < 4.78 is 16.4. The molecule has 0 radical (unpaired) electrons. The molecule has 2 rings (SSSR count). The molecule has 1 saturated heterocycles. The van der Waals surface area contributed by atoms with Crippen molar-refractivity contribution in [1.82, 2.24) is 4.90 Å². The Labute approximate surface area is 172 Å². The van der Waals surface area contributed by atoms with Crippen molar-refractivity contribution in [2.24, 2.45) is 11.8 Å². The molecule has 1 aliphatic rings. The summed E-state index contributed by atoms with van der Waals surface area (Å²) in [5.74, 6) is 0.880. The summed E-state index contributed by atoms with van der Waals surface area (Å²) in [6.07, 6.45) is 1.08. The molecule has 1 fully saturated rings. The number of likely N-dealkylation sites (tertiary alicyclic amines) is 1. The van der Waals surface area contributed by atoms with Crippen LogP contribution >= 0.6 is 11.6 Å². The molecule has 1 heterocycles.